The van der Waals surface area contributed by atoms with E-state index < -0.39 is 0 Å². The third kappa shape index (κ3) is 4.87. The van der Waals surface area contributed by atoms with Crippen molar-refractivity contribution in [1.29, 1.82) is 0 Å². The molecule has 0 atom stereocenters. The van der Waals surface area contributed by atoms with Gasteiger partial charge in [-0.3, -0.25) is 4.79 Å². The summed E-state index contributed by atoms with van der Waals surface area (Å²) in [5, 5.41) is 15.4. The minimum Gasteiger partial charge on any atom is -0.508 e. The molecule has 0 aliphatic carbocycles. The fourth-order valence-electron chi connectivity index (χ4n) is 1.39. The number of benzene rings is 1. The molecule has 0 bridgehead atoms. The van der Waals surface area contributed by atoms with E-state index in [1.54, 1.807) is 18.2 Å². The topological polar surface area (TPSA) is 61.4 Å². The summed E-state index contributed by atoms with van der Waals surface area (Å²) < 4.78 is 0. The van der Waals surface area contributed by atoms with Gasteiger partial charge in [0.05, 0.1) is 0 Å². The van der Waals surface area contributed by atoms with E-state index in [1.807, 2.05) is 20.8 Å². The molecule has 1 aromatic carbocycles. The molecule has 17 heavy (non-hydrogen) atoms. The zero-order valence-electron chi connectivity index (χ0n) is 10.6. The lowest BCUT2D eigenvalue weighted by Gasteiger charge is -2.09. The van der Waals surface area contributed by atoms with E-state index in [4.69, 9.17) is 0 Å². The van der Waals surface area contributed by atoms with Gasteiger partial charge in [-0.15, -0.1) is 0 Å². The van der Waals surface area contributed by atoms with Crippen LogP contribution < -0.4 is 10.6 Å². The largest absolute Gasteiger partial charge is 0.508 e. The molecule has 0 spiro atoms. The maximum Gasteiger partial charge on any atom is 0.225 e. The Morgan fingerprint density at radius 2 is 2.12 bits per heavy atom. The zero-order chi connectivity index (χ0) is 12.8. The van der Waals surface area contributed by atoms with Gasteiger partial charge in [0, 0.05) is 30.8 Å². The van der Waals surface area contributed by atoms with Crippen molar-refractivity contribution in [2.45, 2.75) is 33.2 Å². The maximum atomic E-state index is 11.6. The Morgan fingerprint density at radius 3 is 2.71 bits per heavy atom. The van der Waals surface area contributed by atoms with Crippen molar-refractivity contribution in [1.82, 2.24) is 5.32 Å². The van der Waals surface area contributed by atoms with Crippen molar-refractivity contribution in [3.8, 4) is 5.75 Å². The number of nitrogens with one attached hydrogen (secondary N) is 2. The summed E-state index contributed by atoms with van der Waals surface area (Å²) in [6, 6.07) is 5.50. The molecule has 0 fully saturated rings. The predicted octanol–water partition coefficient (Wildman–Crippen LogP) is 2.03. The van der Waals surface area contributed by atoms with Crippen molar-refractivity contribution in [2.24, 2.45) is 0 Å². The highest BCUT2D eigenvalue weighted by atomic mass is 16.3. The molecule has 0 unspecified atom stereocenters. The van der Waals surface area contributed by atoms with Gasteiger partial charge >= 0.3 is 0 Å². The second kappa shape index (κ2) is 6.25. The summed E-state index contributed by atoms with van der Waals surface area (Å²) in [4.78, 5) is 11.6. The molecule has 0 aliphatic rings. The number of carbonyl (C=O) groups is 1. The average Bonchev–Trinajstić information content (AvgIpc) is 2.23. The third-order valence-electron chi connectivity index (χ3n) is 2.40. The Kier molecular flexibility index (Phi) is 4.97. The molecule has 0 heterocycles. The van der Waals surface area contributed by atoms with Gasteiger partial charge in [-0.2, -0.15) is 0 Å². The van der Waals surface area contributed by atoms with Crippen LogP contribution in [0, 0.1) is 6.92 Å². The Balaban J connectivity index is 2.42. The quantitative estimate of drug-likeness (QED) is 0.733. The second-order valence-corrected chi connectivity index (χ2v) is 4.41. The normalized spacial score (nSPS) is 10.6. The fourth-order valence-corrected chi connectivity index (χ4v) is 1.39. The minimum atomic E-state index is -0.0543. The highest BCUT2D eigenvalue weighted by molar-refractivity contribution is 5.91. The Hall–Kier alpha value is -1.55. The lowest BCUT2D eigenvalue weighted by Crippen LogP contribution is -2.27. The van der Waals surface area contributed by atoms with Gasteiger partial charge in [0.2, 0.25) is 5.91 Å². The Bertz CT molecular complexity index is 389. The molecule has 0 aliphatic heterocycles. The maximum absolute atomic E-state index is 11.6. The molecule has 3 N–H and O–H groups in total. The van der Waals surface area contributed by atoms with Gasteiger partial charge in [0.1, 0.15) is 5.75 Å². The summed E-state index contributed by atoms with van der Waals surface area (Å²) in [5.41, 5.74) is 1.42. The molecule has 1 rings (SSSR count). The van der Waals surface area contributed by atoms with Gasteiger partial charge < -0.3 is 15.7 Å². The average molecular weight is 236 g/mol. The van der Waals surface area contributed by atoms with Crippen LogP contribution in [0.4, 0.5) is 5.69 Å². The van der Waals surface area contributed by atoms with E-state index in [1.165, 1.54) is 0 Å². The molecule has 0 saturated carbocycles. The van der Waals surface area contributed by atoms with E-state index >= 15 is 0 Å². The number of carbonyl (C=O) groups excluding carboxylic acids is 1. The van der Waals surface area contributed by atoms with Crippen LogP contribution in [0.5, 0.6) is 5.75 Å². The Labute approximate surface area is 102 Å². The van der Waals surface area contributed by atoms with Crippen molar-refractivity contribution in [3.63, 3.8) is 0 Å². The molecule has 94 valence electrons. The number of aromatic hydroxyl groups is 1. The molecule has 4 nitrogen and oxygen atoms in total. The number of amides is 1. The van der Waals surface area contributed by atoms with Gasteiger partial charge in [-0.05, 0) is 18.6 Å². The van der Waals surface area contributed by atoms with Crippen molar-refractivity contribution >= 4 is 11.6 Å². The summed E-state index contributed by atoms with van der Waals surface area (Å²) in [6.07, 6.45) is 0.423. The SMILES string of the molecule is Cc1ccc(NC(=O)CCNC(C)C)cc1O. The van der Waals surface area contributed by atoms with E-state index in [0.29, 0.717) is 24.7 Å². The first-order valence-electron chi connectivity index (χ1n) is 5.82. The van der Waals surface area contributed by atoms with Crippen LogP contribution in [0.15, 0.2) is 18.2 Å². The van der Waals surface area contributed by atoms with Crippen LogP contribution in [0.25, 0.3) is 0 Å². The zero-order valence-corrected chi connectivity index (χ0v) is 10.6. The van der Waals surface area contributed by atoms with Crippen LogP contribution in [-0.4, -0.2) is 23.6 Å². The number of rotatable bonds is 5. The lowest BCUT2D eigenvalue weighted by atomic mass is 10.2. The van der Waals surface area contributed by atoms with Crippen molar-refractivity contribution < 1.29 is 9.90 Å². The lowest BCUT2D eigenvalue weighted by molar-refractivity contribution is -0.116. The number of aryl methyl sites for hydroxylation is 1. The summed E-state index contributed by atoms with van der Waals surface area (Å²) >= 11 is 0. The molecule has 1 aromatic rings. The third-order valence-corrected chi connectivity index (χ3v) is 2.40. The molecular formula is C13H20N2O2. The number of phenolic OH excluding ortho intramolecular Hbond substituents is 1. The molecule has 0 radical (unpaired) electrons. The number of hydrogen-bond acceptors (Lipinski definition) is 3. The van der Waals surface area contributed by atoms with E-state index in [9.17, 15) is 9.90 Å². The van der Waals surface area contributed by atoms with E-state index in [-0.39, 0.29) is 11.7 Å². The number of anilines is 1. The van der Waals surface area contributed by atoms with Crippen LogP contribution in [-0.2, 0) is 4.79 Å². The summed E-state index contributed by atoms with van der Waals surface area (Å²) in [7, 11) is 0. The standard InChI is InChI=1S/C13H20N2O2/c1-9(2)14-7-6-13(17)15-11-5-4-10(3)12(16)8-11/h4-5,8-9,14,16H,6-7H2,1-3H3,(H,15,17). The van der Waals surface area contributed by atoms with Crippen LogP contribution in [0.2, 0.25) is 0 Å². The van der Waals surface area contributed by atoms with E-state index in [0.717, 1.165) is 5.56 Å². The van der Waals surface area contributed by atoms with Gasteiger partial charge in [0.25, 0.3) is 0 Å². The summed E-state index contributed by atoms with van der Waals surface area (Å²) in [6.45, 7) is 6.54. The summed E-state index contributed by atoms with van der Waals surface area (Å²) in [5.74, 6) is 0.143. The highest BCUT2D eigenvalue weighted by Crippen LogP contribution is 2.20. The monoisotopic (exact) mass is 236 g/mol. The fraction of sp³-hybridized carbons (Fsp3) is 0.462. The first-order valence-corrected chi connectivity index (χ1v) is 5.82. The van der Waals surface area contributed by atoms with Crippen LogP contribution in [0.3, 0.4) is 0 Å². The van der Waals surface area contributed by atoms with Gasteiger partial charge in [-0.25, -0.2) is 0 Å². The molecule has 1 amide bonds. The van der Waals surface area contributed by atoms with Crippen molar-refractivity contribution in [2.75, 3.05) is 11.9 Å². The van der Waals surface area contributed by atoms with Crippen LogP contribution >= 0.6 is 0 Å². The van der Waals surface area contributed by atoms with Gasteiger partial charge in [0.15, 0.2) is 0 Å². The minimum absolute atomic E-state index is 0.0543. The molecule has 0 aromatic heterocycles. The number of hydrogen-bond donors (Lipinski definition) is 3. The first kappa shape index (κ1) is 13.5. The molecule has 0 saturated heterocycles. The number of phenols is 1. The Morgan fingerprint density at radius 1 is 1.41 bits per heavy atom. The van der Waals surface area contributed by atoms with Gasteiger partial charge in [-0.1, -0.05) is 19.9 Å². The smallest absolute Gasteiger partial charge is 0.225 e. The molecule has 4 heteroatoms. The first-order chi connectivity index (χ1) is 7.99. The van der Waals surface area contributed by atoms with Crippen LogP contribution in [0.1, 0.15) is 25.8 Å². The van der Waals surface area contributed by atoms with E-state index in [2.05, 4.69) is 10.6 Å². The highest BCUT2D eigenvalue weighted by Gasteiger charge is 2.04. The molecular weight excluding hydrogens is 216 g/mol. The second-order valence-electron chi connectivity index (χ2n) is 4.41. The van der Waals surface area contributed by atoms with Crippen molar-refractivity contribution in [3.05, 3.63) is 23.8 Å². The predicted molar refractivity (Wildman–Crippen MR) is 69.2 cm³/mol.